The molecule has 2 saturated heterocycles. The summed E-state index contributed by atoms with van der Waals surface area (Å²) in [4.78, 5) is 25.3. The average Bonchev–Trinajstić information content (AvgIpc) is 3.84. The van der Waals surface area contributed by atoms with E-state index < -0.39 is 12.0 Å². The molecule has 2 fully saturated rings. The first-order valence-electron chi connectivity index (χ1n) is 17.3. The first-order valence-corrected chi connectivity index (χ1v) is 18.1. The van der Waals surface area contributed by atoms with Crippen molar-refractivity contribution in [1.82, 2.24) is 25.3 Å². The Balaban J connectivity index is 1.09. The van der Waals surface area contributed by atoms with Crippen LogP contribution in [0.3, 0.4) is 0 Å². The van der Waals surface area contributed by atoms with Crippen molar-refractivity contribution in [3.63, 3.8) is 0 Å². The monoisotopic (exact) mass is 725 g/mol. The van der Waals surface area contributed by atoms with Crippen molar-refractivity contribution in [2.45, 2.75) is 57.9 Å². The fourth-order valence-corrected chi connectivity index (χ4v) is 8.05. The Kier molecular flexibility index (Phi) is 10.3. The van der Waals surface area contributed by atoms with Crippen molar-refractivity contribution < 1.29 is 19.4 Å². The number of carbonyl (C=O) groups excluding carboxylic acids is 1. The van der Waals surface area contributed by atoms with Gasteiger partial charge in [-0.2, -0.15) is 5.10 Å². The number of likely N-dealkylation sites (tertiary alicyclic amines) is 1. The summed E-state index contributed by atoms with van der Waals surface area (Å²) in [5.74, 6) is 0.306. The lowest BCUT2D eigenvalue weighted by atomic mass is 9.96. The van der Waals surface area contributed by atoms with Gasteiger partial charge in [-0.25, -0.2) is 0 Å². The van der Waals surface area contributed by atoms with E-state index in [4.69, 9.17) is 33.0 Å². The van der Waals surface area contributed by atoms with Gasteiger partial charge < -0.3 is 20.5 Å². The fraction of sp³-hybridized carbons (Fsp3) is 0.325. The number of ether oxygens (including phenoxy) is 1. The molecule has 5 aromatic rings. The summed E-state index contributed by atoms with van der Waals surface area (Å²) in [6.07, 6.45) is 3.98. The Morgan fingerprint density at radius 2 is 1.78 bits per heavy atom. The van der Waals surface area contributed by atoms with Gasteiger partial charge in [0.1, 0.15) is 11.8 Å². The Hall–Kier alpha value is -4.41. The summed E-state index contributed by atoms with van der Waals surface area (Å²) in [5, 5.41) is 23.2. The number of nitrogens with zero attached hydrogens (tertiary/aromatic N) is 3. The number of aliphatic carboxylic acids is 1. The molecule has 1 amide bonds. The highest BCUT2D eigenvalue weighted by Crippen LogP contribution is 2.40. The molecule has 3 heterocycles. The molecular weight excluding hydrogens is 685 g/mol. The minimum Gasteiger partial charge on any atom is -0.496 e. The number of methoxy groups -OCH3 is 1. The molecule has 2 aliphatic rings. The van der Waals surface area contributed by atoms with Crippen LogP contribution in [0.4, 0.5) is 0 Å². The number of carbonyl (C=O) groups is 2. The van der Waals surface area contributed by atoms with Gasteiger partial charge >= 0.3 is 5.97 Å². The quantitative estimate of drug-likeness (QED) is 0.123. The number of hydrogen-bond donors (Lipinski definition) is 3. The number of carboxylic acids is 1. The maximum atomic E-state index is 11.9. The molecule has 11 heteroatoms. The Morgan fingerprint density at radius 1 is 1.02 bits per heavy atom. The lowest BCUT2D eigenvalue weighted by Crippen LogP contribution is -2.35. The van der Waals surface area contributed by atoms with Gasteiger partial charge in [-0.3, -0.25) is 19.2 Å². The van der Waals surface area contributed by atoms with Gasteiger partial charge in [0.25, 0.3) is 0 Å². The van der Waals surface area contributed by atoms with Gasteiger partial charge in [-0.1, -0.05) is 84.7 Å². The molecule has 0 aliphatic carbocycles. The van der Waals surface area contributed by atoms with Crippen LogP contribution in [0.25, 0.3) is 33.2 Å². The van der Waals surface area contributed by atoms with E-state index in [2.05, 4.69) is 47.9 Å². The minimum absolute atomic E-state index is 0.130. The largest absolute Gasteiger partial charge is 0.496 e. The van der Waals surface area contributed by atoms with Crippen LogP contribution in [-0.2, 0) is 29.2 Å². The van der Waals surface area contributed by atoms with Gasteiger partial charge in [0.05, 0.1) is 30.4 Å². The van der Waals surface area contributed by atoms with Gasteiger partial charge in [0.2, 0.25) is 5.91 Å². The molecule has 4 aromatic carbocycles. The number of nitrogens with one attached hydrogen (secondary N) is 2. The lowest BCUT2D eigenvalue weighted by molar-refractivity contribution is -0.142. The molecule has 0 saturated carbocycles. The van der Waals surface area contributed by atoms with E-state index in [1.54, 1.807) is 7.11 Å². The highest BCUT2D eigenvalue weighted by atomic mass is 35.5. The third-order valence-corrected chi connectivity index (χ3v) is 10.8. The molecule has 0 unspecified atom stereocenters. The van der Waals surface area contributed by atoms with Crippen molar-refractivity contribution >= 4 is 46.0 Å². The summed E-state index contributed by atoms with van der Waals surface area (Å²) < 4.78 is 7.70. The van der Waals surface area contributed by atoms with E-state index in [0.717, 1.165) is 69.4 Å². The predicted molar refractivity (Wildman–Crippen MR) is 201 cm³/mol. The van der Waals surface area contributed by atoms with Crippen LogP contribution in [0.5, 0.6) is 5.75 Å². The Labute approximate surface area is 307 Å². The van der Waals surface area contributed by atoms with Crippen molar-refractivity contribution in [3.05, 3.63) is 106 Å². The van der Waals surface area contributed by atoms with Crippen molar-refractivity contribution in [2.24, 2.45) is 5.92 Å². The van der Waals surface area contributed by atoms with Gasteiger partial charge in [-0.15, -0.1) is 0 Å². The van der Waals surface area contributed by atoms with E-state index >= 15 is 0 Å². The number of hydrogen-bond acceptors (Lipinski definition) is 6. The van der Waals surface area contributed by atoms with Crippen molar-refractivity contribution in [3.8, 4) is 28.0 Å². The number of aromatic nitrogens is 2. The van der Waals surface area contributed by atoms with Gasteiger partial charge in [0, 0.05) is 65.7 Å². The van der Waals surface area contributed by atoms with Crippen LogP contribution in [0, 0.1) is 5.92 Å². The molecule has 7 rings (SSSR count). The van der Waals surface area contributed by atoms with Crippen LogP contribution in [-0.4, -0.2) is 63.9 Å². The number of halogens is 2. The summed E-state index contributed by atoms with van der Waals surface area (Å²) >= 11 is 14.0. The number of carboxylic acid groups (broad SMARTS) is 1. The maximum Gasteiger partial charge on any atom is 0.320 e. The van der Waals surface area contributed by atoms with E-state index in [1.807, 2.05) is 58.2 Å². The molecule has 264 valence electrons. The number of amides is 1. The second-order valence-corrected chi connectivity index (χ2v) is 14.5. The second-order valence-electron chi connectivity index (χ2n) is 13.7. The van der Waals surface area contributed by atoms with Crippen molar-refractivity contribution in [2.75, 3.05) is 20.2 Å². The smallest absolute Gasteiger partial charge is 0.320 e. The summed E-state index contributed by atoms with van der Waals surface area (Å²) in [7, 11) is 1.62. The molecule has 0 bridgehead atoms. The van der Waals surface area contributed by atoms with Crippen LogP contribution in [0.15, 0.2) is 79.0 Å². The first kappa shape index (κ1) is 35.0. The molecule has 3 N–H and O–H groups in total. The van der Waals surface area contributed by atoms with Crippen LogP contribution >= 0.6 is 23.2 Å². The highest BCUT2D eigenvalue weighted by Gasteiger charge is 2.35. The summed E-state index contributed by atoms with van der Waals surface area (Å²) in [6.45, 7) is 5.13. The first-order chi connectivity index (χ1) is 24.7. The number of benzene rings is 4. The molecule has 0 spiro atoms. The Bertz CT molecular complexity index is 2080. The molecule has 9 nitrogen and oxygen atoms in total. The highest BCUT2D eigenvalue weighted by molar-refractivity contribution is 6.36. The van der Waals surface area contributed by atoms with Gasteiger partial charge in [-0.05, 0) is 59.2 Å². The summed E-state index contributed by atoms with van der Waals surface area (Å²) in [5.41, 5.74) is 7.69. The number of fused-ring (bicyclic) bond motifs is 1. The zero-order chi connectivity index (χ0) is 35.6. The van der Waals surface area contributed by atoms with Crippen molar-refractivity contribution in [1.29, 1.82) is 0 Å². The van der Waals surface area contributed by atoms with Crippen LogP contribution < -0.4 is 15.4 Å². The second kappa shape index (κ2) is 15.1. The van der Waals surface area contributed by atoms with Crippen LogP contribution in [0.2, 0.25) is 10.0 Å². The molecular formula is C40H41Cl2N5O4. The van der Waals surface area contributed by atoms with E-state index in [9.17, 15) is 14.7 Å². The van der Waals surface area contributed by atoms with E-state index in [-0.39, 0.29) is 11.9 Å². The van der Waals surface area contributed by atoms with E-state index in [0.29, 0.717) is 54.2 Å². The van der Waals surface area contributed by atoms with Crippen LogP contribution in [0.1, 0.15) is 42.9 Å². The molecule has 0 radical (unpaired) electrons. The molecule has 2 aliphatic heterocycles. The maximum absolute atomic E-state index is 11.9. The SMILES string of the molecule is COc1cc(Cn2ncc3c(-c4cccc(-c5ccc(CNC[C@@H]6CCC(=O)N6)cc5)c4Cl)cccc32)c(Cl)cc1CN1C[C@H](C)C[C@H]1C(=O)O. The minimum atomic E-state index is -0.800. The average molecular weight is 727 g/mol. The molecule has 1 aromatic heterocycles. The molecule has 3 atom stereocenters. The summed E-state index contributed by atoms with van der Waals surface area (Å²) in [6, 6.07) is 24.1. The normalized spacial score (nSPS) is 19.1. The van der Waals surface area contributed by atoms with Gasteiger partial charge in [0.15, 0.2) is 0 Å². The number of rotatable bonds is 12. The third-order valence-electron chi connectivity index (χ3n) is 10.1. The standard InChI is InChI=1S/C40H41Cl2N5O4/c1-24-15-36(40(49)50)46(21-24)22-28-16-34(41)27(17-37(28)51-2)23-47-35-8-4-6-31(33(35)20-44-47)32-7-3-5-30(39(32)42)26-11-9-25(10-12-26)18-43-19-29-13-14-38(48)45-29/h3-12,16-17,20,24,29,36,43H,13-15,18-19,21-23H2,1-2H3,(H,45,48)(H,49,50)/t24-,29+,36+/m1/s1. The third kappa shape index (κ3) is 7.48. The molecule has 51 heavy (non-hydrogen) atoms. The Morgan fingerprint density at radius 3 is 2.53 bits per heavy atom. The zero-order valence-electron chi connectivity index (χ0n) is 28.7. The van der Waals surface area contributed by atoms with E-state index in [1.165, 1.54) is 0 Å². The fourth-order valence-electron chi connectivity index (χ4n) is 7.47. The lowest BCUT2D eigenvalue weighted by Gasteiger charge is -2.23. The topological polar surface area (TPSA) is 109 Å². The zero-order valence-corrected chi connectivity index (χ0v) is 30.2. The predicted octanol–water partition coefficient (Wildman–Crippen LogP) is 7.40.